The van der Waals surface area contributed by atoms with E-state index in [0.29, 0.717) is 0 Å². The molecule has 3 aromatic rings. The van der Waals surface area contributed by atoms with Gasteiger partial charge in [-0.05, 0) is 69.0 Å². The first kappa shape index (κ1) is 21.6. The zero-order valence-corrected chi connectivity index (χ0v) is 19.2. The van der Waals surface area contributed by atoms with Gasteiger partial charge >= 0.3 is 0 Å². The normalized spacial score (nSPS) is 15.5. The number of rotatable bonds is 5. The number of hydrogen-bond donors (Lipinski definition) is 0. The maximum absolute atomic E-state index is 13.1. The molecule has 0 unspecified atom stereocenters. The summed E-state index contributed by atoms with van der Waals surface area (Å²) in [6.07, 6.45) is 8.12. The molecule has 7 heteroatoms. The molecule has 1 saturated heterocycles. The molecule has 1 atom stereocenters. The van der Waals surface area contributed by atoms with Gasteiger partial charge < -0.3 is 4.90 Å². The van der Waals surface area contributed by atoms with Gasteiger partial charge in [0.1, 0.15) is 0 Å². The van der Waals surface area contributed by atoms with E-state index in [9.17, 15) is 4.79 Å². The zero-order valence-electron chi connectivity index (χ0n) is 18.4. The molecule has 1 aliphatic rings. The Kier molecular flexibility index (Phi) is 6.70. The highest BCUT2D eigenvalue weighted by molar-refractivity contribution is 8.00. The second kappa shape index (κ2) is 9.64. The van der Waals surface area contributed by atoms with Crippen LogP contribution in [-0.2, 0) is 4.79 Å². The predicted octanol–water partition coefficient (Wildman–Crippen LogP) is 4.83. The molecular weight excluding hydrogens is 406 g/mol. The van der Waals surface area contributed by atoms with E-state index >= 15 is 0 Å². The lowest BCUT2D eigenvalue weighted by molar-refractivity contribution is -0.130. The SMILES string of the molecule is Cc1ccc(-n2c(S[C@H](C)C(=O)N3CCCCCC3)nnc2-c2ccncc2)cc1C. The van der Waals surface area contributed by atoms with Gasteiger partial charge in [0.15, 0.2) is 11.0 Å². The number of amides is 1. The number of carbonyl (C=O) groups is 1. The monoisotopic (exact) mass is 435 g/mol. The molecule has 31 heavy (non-hydrogen) atoms. The summed E-state index contributed by atoms with van der Waals surface area (Å²) in [5.74, 6) is 0.939. The Morgan fingerprint density at radius 2 is 1.68 bits per heavy atom. The number of aryl methyl sites for hydroxylation is 2. The quantitative estimate of drug-likeness (QED) is 0.537. The van der Waals surface area contributed by atoms with Gasteiger partial charge in [0, 0.05) is 31.0 Å². The topological polar surface area (TPSA) is 63.9 Å². The van der Waals surface area contributed by atoms with Crippen molar-refractivity contribution in [1.29, 1.82) is 0 Å². The third-order valence-electron chi connectivity index (χ3n) is 5.87. The number of pyridine rings is 1. The molecule has 1 amide bonds. The van der Waals surface area contributed by atoms with Crippen molar-refractivity contribution in [2.45, 2.75) is 56.9 Å². The van der Waals surface area contributed by atoms with Crippen LogP contribution in [0.3, 0.4) is 0 Å². The van der Waals surface area contributed by atoms with Crippen LogP contribution in [0.5, 0.6) is 0 Å². The number of likely N-dealkylation sites (tertiary alicyclic amines) is 1. The largest absolute Gasteiger partial charge is 0.342 e. The maximum Gasteiger partial charge on any atom is 0.235 e. The van der Waals surface area contributed by atoms with Crippen LogP contribution in [-0.4, -0.2) is 48.9 Å². The zero-order chi connectivity index (χ0) is 21.8. The van der Waals surface area contributed by atoms with Crippen molar-refractivity contribution in [3.63, 3.8) is 0 Å². The lowest BCUT2D eigenvalue weighted by Gasteiger charge is -2.23. The van der Waals surface area contributed by atoms with E-state index in [1.807, 2.05) is 24.0 Å². The lowest BCUT2D eigenvalue weighted by atomic mass is 10.1. The maximum atomic E-state index is 13.1. The molecule has 0 N–H and O–H groups in total. The van der Waals surface area contributed by atoms with E-state index in [1.54, 1.807) is 12.4 Å². The number of aromatic nitrogens is 4. The third kappa shape index (κ3) is 4.82. The molecule has 1 aliphatic heterocycles. The number of carbonyl (C=O) groups excluding carboxylic acids is 1. The average molecular weight is 436 g/mol. The van der Waals surface area contributed by atoms with E-state index in [-0.39, 0.29) is 11.2 Å². The minimum absolute atomic E-state index is 0.187. The highest BCUT2D eigenvalue weighted by Gasteiger charge is 2.26. The summed E-state index contributed by atoms with van der Waals surface area (Å²) in [7, 11) is 0. The average Bonchev–Trinajstić information content (AvgIpc) is 3.00. The van der Waals surface area contributed by atoms with Gasteiger partial charge in [-0.3, -0.25) is 14.3 Å². The predicted molar refractivity (Wildman–Crippen MR) is 124 cm³/mol. The van der Waals surface area contributed by atoms with Gasteiger partial charge in [0.05, 0.1) is 10.9 Å². The standard InChI is InChI=1S/C24H29N5OS/c1-17-8-9-21(16-18(17)2)29-22(20-10-12-25-13-11-20)26-27-24(29)31-19(3)23(30)28-14-6-4-5-7-15-28/h8-13,16,19H,4-7,14-15H2,1-3H3/t19-/m1/s1. The van der Waals surface area contributed by atoms with Gasteiger partial charge in [-0.15, -0.1) is 10.2 Å². The van der Waals surface area contributed by atoms with E-state index < -0.39 is 0 Å². The Bertz CT molecular complexity index is 1040. The fourth-order valence-electron chi connectivity index (χ4n) is 3.89. The van der Waals surface area contributed by atoms with Gasteiger partial charge in [0.25, 0.3) is 0 Å². The van der Waals surface area contributed by atoms with Crippen molar-refractivity contribution in [3.8, 4) is 17.1 Å². The summed E-state index contributed by atoms with van der Waals surface area (Å²) in [6, 6.07) is 10.2. The fourth-order valence-corrected chi connectivity index (χ4v) is 4.84. The van der Waals surface area contributed by atoms with Gasteiger partial charge in [-0.2, -0.15) is 0 Å². The van der Waals surface area contributed by atoms with Crippen molar-refractivity contribution in [1.82, 2.24) is 24.6 Å². The first-order valence-corrected chi connectivity index (χ1v) is 11.8. The van der Waals surface area contributed by atoms with Crippen LogP contribution < -0.4 is 0 Å². The van der Waals surface area contributed by atoms with Gasteiger partial charge in [-0.25, -0.2) is 0 Å². The molecule has 3 heterocycles. The minimum atomic E-state index is -0.224. The van der Waals surface area contributed by atoms with Crippen molar-refractivity contribution >= 4 is 17.7 Å². The Morgan fingerprint density at radius 3 is 2.35 bits per heavy atom. The molecule has 162 valence electrons. The smallest absolute Gasteiger partial charge is 0.235 e. The van der Waals surface area contributed by atoms with Crippen LogP contribution in [0.2, 0.25) is 0 Å². The number of hydrogen-bond acceptors (Lipinski definition) is 5. The van der Waals surface area contributed by atoms with E-state index in [2.05, 4.69) is 51.8 Å². The van der Waals surface area contributed by atoms with Crippen LogP contribution in [0.1, 0.15) is 43.7 Å². The molecule has 4 rings (SSSR count). The van der Waals surface area contributed by atoms with E-state index in [4.69, 9.17) is 0 Å². The molecule has 0 saturated carbocycles. The Labute approximate surface area is 188 Å². The fraction of sp³-hybridized carbons (Fsp3) is 0.417. The third-order valence-corrected chi connectivity index (χ3v) is 6.90. The molecule has 1 aromatic carbocycles. The Hall–Kier alpha value is -2.67. The van der Waals surface area contributed by atoms with Crippen LogP contribution in [0.25, 0.3) is 17.1 Å². The number of benzene rings is 1. The van der Waals surface area contributed by atoms with Gasteiger partial charge in [-0.1, -0.05) is 30.7 Å². The molecule has 1 fully saturated rings. The lowest BCUT2D eigenvalue weighted by Crippen LogP contribution is -2.37. The summed E-state index contributed by atoms with van der Waals surface area (Å²) < 4.78 is 2.05. The highest BCUT2D eigenvalue weighted by Crippen LogP contribution is 2.31. The molecule has 0 aliphatic carbocycles. The molecule has 0 bridgehead atoms. The van der Waals surface area contributed by atoms with E-state index in [0.717, 1.165) is 48.2 Å². The highest BCUT2D eigenvalue weighted by atomic mass is 32.2. The van der Waals surface area contributed by atoms with Crippen molar-refractivity contribution < 1.29 is 4.79 Å². The molecule has 6 nitrogen and oxygen atoms in total. The summed E-state index contributed by atoms with van der Waals surface area (Å²) in [5.41, 5.74) is 4.38. The Balaban J connectivity index is 1.68. The van der Waals surface area contributed by atoms with Crippen LogP contribution >= 0.6 is 11.8 Å². The van der Waals surface area contributed by atoms with Crippen molar-refractivity contribution in [2.24, 2.45) is 0 Å². The Morgan fingerprint density at radius 1 is 0.968 bits per heavy atom. The molecule has 2 aromatic heterocycles. The molecule has 0 spiro atoms. The minimum Gasteiger partial charge on any atom is -0.342 e. The second-order valence-electron chi connectivity index (χ2n) is 8.15. The van der Waals surface area contributed by atoms with Crippen LogP contribution in [0.4, 0.5) is 0 Å². The van der Waals surface area contributed by atoms with Crippen LogP contribution in [0.15, 0.2) is 47.9 Å². The summed E-state index contributed by atoms with van der Waals surface area (Å²) in [5, 5.41) is 9.49. The number of thioether (sulfide) groups is 1. The second-order valence-corrected chi connectivity index (χ2v) is 9.45. The van der Waals surface area contributed by atoms with Crippen molar-refractivity contribution in [3.05, 3.63) is 53.9 Å². The molecule has 0 radical (unpaired) electrons. The van der Waals surface area contributed by atoms with Crippen LogP contribution in [0, 0.1) is 13.8 Å². The van der Waals surface area contributed by atoms with Crippen molar-refractivity contribution in [2.75, 3.05) is 13.1 Å². The number of nitrogens with zero attached hydrogens (tertiary/aromatic N) is 5. The van der Waals surface area contributed by atoms with E-state index in [1.165, 1.54) is 35.7 Å². The molecular formula is C24H29N5OS. The summed E-state index contributed by atoms with van der Waals surface area (Å²) in [6.45, 7) is 7.90. The summed E-state index contributed by atoms with van der Waals surface area (Å²) in [4.78, 5) is 19.3. The van der Waals surface area contributed by atoms with Gasteiger partial charge in [0.2, 0.25) is 5.91 Å². The summed E-state index contributed by atoms with van der Waals surface area (Å²) >= 11 is 1.48. The first-order chi connectivity index (χ1) is 15.0. The first-order valence-electron chi connectivity index (χ1n) is 10.9.